The van der Waals surface area contributed by atoms with E-state index in [1.807, 2.05) is 91.0 Å². The highest BCUT2D eigenvalue weighted by Gasteiger charge is 2.58. The zero-order chi connectivity index (χ0) is 27.0. The first-order valence-corrected chi connectivity index (χ1v) is 12.7. The lowest BCUT2D eigenvalue weighted by molar-refractivity contribution is -0.133. The molecule has 1 N–H and O–H groups in total. The Labute approximate surface area is 226 Å². The third-order valence-corrected chi connectivity index (χ3v) is 7.52. The fourth-order valence-corrected chi connectivity index (χ4v) is 5.75. The maximum atomic E-state index is 14.8. The molecule has 0 fully saturated rings. The largest absolute Gasteiger partial charge is 0.497 e. The van der Waals surface area contributed by atoms with Crippen LogP contribution in [-0.2, 0) is 15.9 Å². The predicted molar refractivity (Wildman–Crippen MR) is 149 cm³/mol. The standard InChI is InChI=1S/C34H26FNO3/c1-39-29-20-17-27(18-21-29)34(38)30-23-28(35)19-22-31(30)36(32(34)37)33(24-11-5-2-6-12-24,25-13-7-3-8-14-25)26-15-9-4-10-16-26/h2-23,38H,1H3/t34-/m1/s1. The van der Waals surface area contributed by atoms with E-state index in [4.69, 9.17) is 4.74 Å². The molecule has 1 heterocycles. The van der Waals surface area contributed by atoms with Crippen LogP contribution in [0.3, 0.4) is 0 Å². The number of carbonyl (C=O) groups is 1. The van der Waals surface area contributed by atoms with E-state index in [2.05, 4.69) is 0 Å². The molecule has 1 atom stereocenters. The van der Waals surface area contributed by atoms with Crippen molar-refractivity contribution in [2.75, 3.05) is 12.0 Å². The summed E-state index contributed by atoms with van der Waals surface area (Å²) in [6.45, 7) is 0. The number of rotatable bonds is 6. The normalized spacial score (nSPS) is 16.7. The molecule has 0 radical (unpaired) electrons. The third-order valence-electron chi connectivity index (χ3n) is 7.52. The Morgan fingerprint density at radius 2 is 1.21 bits per heavy atom. The molecule has 0 bridgehead atoms. The van der Waals surface area contributed by atoms with Crippen molar-refractivity contribution in [3.05, 3.63) is 167 Å². The molecular formula is C34H26FNO3. The first-order valence-electron chi connectivity index (χ1n) is 12.7. The fraction of sp³-hybridized carbons (Fsp3) is 0.0882. The van der Waals surface area contributed by atoms with Crippen molar-refractivity contribution in [3.63, 3.8) is 0 Å². The third kappa shape index (κ3) is 3.66. The molecule has 6 rings (SSSR count). The Morgan fingerprint density at radius 3 is 1.67 bits per heavy atom. The fourth-order valence-electron chi connectivity index (χ4n) is 5.75. The molecule has 5 heteroatoms. The van der Waals surface area contributed by atoms with Crippen LogP contribution >= 0.6 is 0 Å². The zero-order valence-corrected chi connectivity index (χ0v) is 21.3. The lowest BCUT2D eigenvalue weighted by Gasteiger charge is -2.44. The van der Waals surface area contributed by atoms with Crippen LogP contribution in [0.4, 0.5) is 10.1 Å². The van der Waals surface area contributed by atoms with Crippen LogP contribution in [0.5, 0.6) is 5.75 Å². The van der Waals surface area contributed by atoms with Gasteiger partial charge in [-0.15, -0.1) is 0 Å². The highest BCUT2D eigenvalue weighted by molar-refractivity contribution is 6.11. The zero-order valence-electron chi connectivity index (χ0n) is 21.3. The van der Waals surface area contributed by atoms with Crippen molar-refractivity contribution in [2.24, 2.45) is 0 Å². The Morgan fingerprint density at radius 1 is 0.718 bits per heavy atom. The summed E-state index contributed by atoms with van der Waals surface area (Å²) in [5, 5.41) is 12.3. The van der Waals surface area contributed by atoms with Crippen LogP contribution in [0, 0.1) is 5.82 Å². The van der Waals surface area contributed by atoms with Crippen molar-refractivity contribution in [3.8, 4) is 5.75 Å². The summed E-state index contributed by atoms with van der Waals surface area (Å²) in [6.07, 6.45) is 0. The summed E-state index contributed by atoms with van der Waals surface area (Å²) in [5.41, 5.74) is 0.101. The highest BCUT2D eigenvalue weighted by Crippen LogP contribution is 2.54. The number of nitrogens with zero attached hydrogens (tertiary/aromatic N) is 1. The van der Waals surface area contributed by atoms with Crippen molar-refractivity contribution in [1.29, 1.82) is 0 Å². The number of hydrogen-bond donors (Lipinski definition) is 1. The molecule has 0 spiro atoms. The molecule has 0 unspecified atom stereocenters. The maximum absolute atomic E-state index is 14.8. The Bertz CT molecular complexity index is 1530. The monoisotopic (exact) mass is 515 g/mol. The predicted octanol–water partition coefficient (Wildman–Crippen LogP) is 6.41. The van der Waals surface area contributed by atoms with E-state index in [0.29, 0.717) is 17.0 Å². The van der Waals surface area contributed by atoms with Gasteiger partial charge < -0.3 is 9.84 Å². The summed E-state index contributed by atoms with van der Waals surface area (Å²) in [7, 11) is 1.55. The topological polar surface area (TPSA) is 49.8 Å². The van der Waals surface area contributed by atoms with Crippen LogP contribution in [0.1, 0.15) is 27.8 Å². The van der Waals surface area contributed by atoms with Crippen LogP contribution in [-0.4, -0.2) is 18.1 Å². The molecule has 39 heavy (non-hydrogen) atoms. The van der Waals surface area contributed by atoms with Gasteiger partial charge in [0.1, 0.15) is 17.1 Å². The Balaban J connectivity index is 1.72. The minimum Gasteiger partial charge on any atom is -0.497 e. The summed E-state index contributed by atoms with van der Waals surface area (Å²) < 4.78 is 20.1. The highest BCUT2D eigenvalue weighted by atomic mass is 19.1. The van der Waals surface area contributed by atoms with Gasteiger partial charge in [-0.3, -0.25) is 9.69 Å². The summed E-state index contributed by atoms with van der Waals surface area (Å²) in [5.74, 6) is -0.541. The Hall–Kier alpha value is -4.74. The van der Waals surface area contributed by atoms with E-state index in [1.165, 1.54) is 12.1 Å². The summed E-state index contributed by atoms with van der Waals surface area (Å²) in [4.78, 5) is 16.5. The molecule has 0 saturated carbocycles. The molecule has 0 saturated heterocycles. The van der Waals surface area contributed by atoms with Gasteiger partial charge in [0.2, 0.25) is 0 Å². The number of benzene rings is 5. The maximum Gasteiger partial charge on any atom is 0.269 e. The van der Waals surface area contributed by atoms with Gasteiger partial charge in [-0.2, -0.15) is 0 Å². The van der Waals surface area contributed by atoms with Crippen LogP contribution in [0.2, 0.25) is 0 Å². The first kappa shape index (κ1) is 24.6. The summed E-state index contributed by atoms with van der Waals surface area (Å²) in [6, 6.07) is 40.0. The molecule has 0 aliphatic carbocycles. The molecule has 1 amide bonds. The average molecular weight is 516 g/mol. The molecule has 4 nitrogen and oxygen atoms in total. The molecule has 1 aliphatic rings. The molecule has 5 aromatic carbocycles. The van der Waals surface area contributed by atoms with Gasteiger partial charge in [-0.1, -0.05) is 103 Å². The number of amides is 1. The number of anilines is 1. The van der Waals surface area contributed by atoms with Crippen molar-refractivity contribution in [2.45, 2.75) is 11.1 Å². The van der Waals surface area contributed by atoms with Crippen LogP contribution < -0.4 is 9.64 Å². The number of fused-ring (bicyclic) bond motifs is 1. The quantitative estimate of drug-likeness (QED) is 0.266. The van der Waals surface area contributed by atoms with E-state index < -0.39 is 22.9 Å². The van der Waals surface area contributed by atoms with Gasteiger partial charge in [0.15, 0.2) is 5.60 Å². The molecule has 5 aromatic rings. The number of aliphatic hydroxyl groups is 1. The number of halogens is 1. The molecule has 192 valence electrons. The van der Waals surface area contributed by atoms with E-state index in [1.54, 1.807) is 42.3 Å². The summed E-state index contributed by atoms with van der Waals surface area (Å²) >= 11 is 0. The SMILES string of the molecule is COc1ccc([C@]2(O)C(=O)N(C(c3ccccc3)(c3ccccc3)c3ccccc3)c3ccc(F)cc32)cc1. The molecule has 1 aliphatic heterocycles. The van der Waals surface area contributed by atoms with E-state index in [0.717, 1.165) is 16.7 Å². The minimum atomic E-state index is -2.13. The second-order valence-corrected chi connectivity index (χ2v) is 9.55. The van der Waals surface area contributed by atoms with E-state index in [-0.39, 0.29) is 5.56 Å². The van der Waals surface area contributed by atoms with Crippen molar-refractivity contribution >= 4 is 11.6 Å². The van der Waals surface area contributed by atoms with Crippen LogP contribution in [0.15, 0.2) is 133 Å². The second kappa shape index (κ2) is 9.53. The average Bonchev–Trinajstić information content (AvgIpc) is 3.22. The van der Waals surface area contributed by atoms with Gasteiger partial charge in [0, 0.05) is 5.56 Å². The number of methoxy groups -OCH3 is 1. The van der Waals surface area contributed by atoms with Crippen LogP contribution in [0.25, 0.3) is 0 Å². The van der Waals surface area contributed by atoms with Crippen molar-refractivity contribution < 1.29 is 19.0 Å². The smallest absolute Gasteiger partial charge is 0.269 e. The number of hydrogen-bond acceptors (Lipinski definition) is 3. The van der Waals surface area contributed by atoms with Gasteiger partial charge in [-0.05, 0) is 52.6 Å². The molecule has 0 aromatic heterocycles. The Kier molecular flexibility index (Phi) is 6.01. The minimum absolute atomic E-state index is 0.185. The second-order valence-electron chi connectivity index (χ2n) is 9.55. The number of carbonyl (C=O) groups excluding carboxylic acids is 1. The van der Waals surface area contributed by atoms with E-state index >= 15 is 0 Å². The van der Waals surface area contributed by atoms with Gasteiger partial charge in [0.25, 0.3) is 5.91 Å². The van der Waals surface area contributed by atoms with Gasteiger partial charge >= 0.3 is 0 Å². The van der Waals surface area contributed by atoms with E-state index in [9.17, 15) is 14.3 Å². The lowest BCUT2D eigenvalue weighted by Crippen LogP contribution is -2.53. The lowest BCUT2D eigenvalue weighted by atomic mass is 9.75. The molecular weight excluding hydrogens is 489 g/mol. The first-order chi connectivity index (χ1) is 19.0. The number of ether oxygens (including phenoxy) is 1. The van der Waals surface area contributed by atoms with Gasteiger partial charge in [-0.25, -0.2) is 4.39 Å². The van der Waals surface area contributed by atoms with Crippen molar-refractivity contribution in [1.82, 2.24) is 0 Å². The van der Waals surface area contributed by atoms with Gasteiger partial charge in [0.05, 0.1) is 12.8 Å².